The second kappa shape index (κ2) is 14.8. The average Bonchev–Trinajstić information content (AvgIpc) is 2.77. The van der Waals surface area contributed by atoms with Crippen LogP contribution in [0.5, 0.6) is 11.5 Å². The van der Waals surface area contributed by atoms with Gasteiger partial charge in [-0.05, 0) is 35.2 Å². The average molecular weight is 434 g/mol. The van der Waals surface area contributed by atoms with E-state index in [1.54, 1.807) is 48.5 Å². The first-order chi connectivity index (χ1) is 15.1. The third-order valence-electron chi connectivity index (χ3n) is 4.09. The first kappa shape index (κ1) is 25.2. The summed E-state index contributed by atoms with van der Waals surface area (Å²) < 4.78 is 27.2. The summed E-state index contributed by atoms with van der Waals surface area (Å²) in [6, 6.07) is 13.0. The van der Waals surface area contributed by atoms with Crippen LogP contribution in [0.4, 0.5) is 0 Å². The molecule has 0 heterocycles. The lowest BCUT2D eigenvalue weighted by molar-refractivity contribution is 0.00499. The quantitative estimate of drug-likeness (QED) is 0.186. The zero-order valence-corrected chi connectivity index (χ0v) is 17.3. The summed E-state index contributed by atoms with van der Waals surface area (Å²) in [5.41, 5.74) is 0.819. The Balaban J connectivity index is 1.36. The Morgan fingerprint density at radius 2 is 0.742 bits per heavy atom. The molecule has 0 fully saturated rings. The van der Waals surface area contributed by atoms with Crippen molar-refractivity contribution in [3.63, 3.8) is 0 Å². The van der Waals surface area contributed by atoms with E-state index in [2.05, 4.69) is 0 Å². The van der Waals surface area contributed by atoms with E-state index in [4.69, 9.17) is 43.8 Å². The maximum absolute atomic E-state index is 9.02. The van der Waals surface area contributed by atoms with Crippen LogP contribution in [0.3, 0.4) is 0 Å². The van der Waals surface area contributed by atoms with E-state index < -0.39 is 14.2 Å². The highest BCUT2D eigenvalue weighted by atomic mass is 16.6. The lowest BCUT2D eigenvalue weighted by Gasteiger charge is -2.09. The van der Waals surface area contributed by atoms with E-state index in [0.29, 0.717) is 75.3 Å². The zero-order chi connectivity index (χ0) is 22.3. The van der Waals surface area contributed by atoms with Gasteiger partial charge in [-0.1, -0.05) is 24.3 Å². The SMILES string of the molecule is OB(O)c1ccc(OCCOCCOCCOCCOc2ccc(B(O)O)cc2)cc1. The highest BCUT2D eigenvalue weighted by molar-refractivity contribution is 6.58. The molecule has 9 nitrogen and oxygen atoms in total. The molecule has 0 aliphatic rings. The molecule has 2 aromatic carbocycles. The topological polar surface area (TPSA) is 127 Å². The van der Waals surface area contributed by atoms with Crippen LogP contribution in [-0.2, 0) is 14.2 Å². The molecule has 0 aliphatic heterocycles. The lowest BCUT2D eigenvalue weighted by Crippen LogP contribution is -2.29. The van der Waals surface area contributed by atoms with Crippen LogP contribution in [0.2, 0.25) is 0 Å². The fourth-order valence-corrected chi connectivity index (χ4v) is 2.45. The molecule has 0 saturated carbocycles. The van der Waals surface area contributed by atoms with Crippen molar-refractivity contribution in [2.45, 2.75) is 0 Å². The number of rotatable bonds is 16. The Morgan fingerprint density at radius 3 is 1.03 bits per heavy atom. The molecule has 0 aromatic heterocycles. The maximum Gasteiger partial charge on any atom is 0.488 e. The van der Waals surface area contributed by atoms with Crippen molar-refractivity contribution in [2.75, 3.05) is 52.9 Å². The van der Waals surface area contributed by atoms with Crippen molar-refractivity contribution >= 4 is 25.2 Å². The minimum atomic E-state index is -1.48. The van der Waals surface area contributed by atoms with Gasteiger partial charge >= 0.3 is 14.2 Å². The molecule has 2 rings (SSSR count). The number of hydrogen-bond donors (Lipinski definition) is 4. The van der Waals surface area contributed by atoms with Gasteiger partial charge in [-0.15, -0.1) is 0 Å². The molecule has 0 bridgehead atoms. The molecule has 0 aliphatic carbocycles. The predicted molar refractivity (Wildman–Crippen MR) is 116 cm³/mol. The Bertz CT molecular complexity index is 650. The molecule has 0 unspecified atom stereocenters. The van der Waals surface area contributed by atoms with Crippen LogP contribution >= 0.6 is 0 Å². The molecule has 4 N–H and O–H groups in total. The molecular weight excluding hydrogens is 406 g/mol. The Morgan fingerprint density at radius 1 is 0.452 bits per heavy atom. The van der Waals surface area contributed by atoms with Crippen molar-refractivity contribution in [1.29, 1.82) is 0 Å². The van der Waals surface area contributed by atoms with E-state index in [1.165, 1.54) is 0 Å². The Labute approximate surface area is 182 Å². The predicted octanol–water partition coefficient (Wildman–Crippen LogP) is -1.45. The van der Waals surface area contributed by atoms with Gasteiger partial charge in [-0.3, -0.25) is 0 Å². The van der Waals surface area contributed by atoms with Crippen molar-refractivity contribution in [1.82, 2.24) is 0 Å². The van der Waals surface area contributed by atoms with Gasteiger partial charge in [0.2, 0.25) is 0 Å². The number of benzene rings is 2. The van der Waals surface area contributed by atoms with Crippen LogP contribution in [0.25, 0.3) is 0 Å². The van der Waals surface area contributed by atoms with Gasteiger partial charge in [-0.25, -0.2) is 0 Å². The molecule has 0 spiro atoms. The molecular formula is C20H28B2O9. The van der Waals surface area contributed by atoms with Crippen molar-refractivity contribution < 1.29 is 43.8 Å². The molecule has 168 valence electrons. The summed E-state index contributed by atoms with van der Waals surface area (Å²) in [7, 11) is -2.97. The van der Waals surface area contributed by atoms with Gasteiger partial charge in [0.1, 0.15) is 24.7 Å². The van der Waals surface area contributed by atoms with Crippen LogP contribution in [0.1, 0.15) is 0 Å². The van der Waals surface area contributed by atoms with Crippen molar-refractivity contribution in [3.05, 3.63) is 48.5 Å². The van der Waals surface area contributed by atoms with E-state index in [9.17, 15) is 0 Å². The largest absolute Gasteiger partial charge is 0.491 e. The normalized spacial score (nSPS) is 10.7. The van der Waals surface area contributed by atoms with Crippen LogP contribution in [-0.4, -0.2) is 87.2 Å². The Kier molecular flexibility index (Phi) is 12.0. The van der Waals surface area contributed by atoms with Gasteiger partial charge in [-0.2, -0.15) is 0 Å². The first-order valence-electron chi connectivity index (χ1n) is 9.97. The molecule has 31 heavy (non-hydrogen) atoms. The Hall–Kier alpha value is -2.11. The minimum absolute atomic E-state index is 0.382. The minimum Gasteiger partial charge on any atom is -0.491 e. The molecule has 0 saturated heterocycles. The molecule has 0 amide bonds. The van der Waals surface area contributed by atoms with Crippen LogP contribution in [0, 0.1) is 0 Å². The standard InChI is InChI=1S/C20H28B2O9/c23-21(24)17-1-5-19(6-2-17)30-15-13-28-11-9-27-10-12-29-14-16-31-20-7-3-18(4-8-20)22(25)26/h1-8,23-26H,9-16H2. The van der Waals surface area contributed by atoms with Crippen LogP contribution in [0.15, 0.2) is 48.5 Å². The smallest absolute Gasteiger partial charge is 0.488 e. The van der Waals surface area contributed by atoms with Gasteiger partial charge in [0.05, 0.1) is 39.6 Å². The maximum atomic E-state index is 9.02. The van der Waals surface area contributed by atoms with Gasteiger partial charge in [0.25, 0.3) is 0 Å². The fourth-order valence-electron chi connectivity index (χ4n) is 2.45. The molecule has 0 atom stereocenters. The summed E-state index contributed by atoms with van der Waals surface area (Å²) in [6.07, 6.45) is 0. The summed E-state index contributed by atoms with van der Waals surface area (Å²) >= 11 is 0. The number of hydrogen-bond acceptors (Lipinski definition) is 9. The van der Waals surface area contributed by atoms with E-state index in [-0.39, 0.29) is 0 Å². The van der Waals surface area contributed by atoms with E-state index in [1.807, 2.05) is 0 Å². The van der Waals surface area contributed by atoms with Crippen molar-refractivity contribution in [2.24, 2.45) is 0 Å². The van der Waals surface area contributed by atoms with Gasteiger partial charge in [0, 0.05) is 0 Å². The highest BCUT2D eigenvalue weighted by Gasteiger charge is 2.10. The van der Waals surface area contributed by atoms with Gasteiger partial charge < -0.3 is 43.8 Å². The zero-order valence-electron chi connectivity index (χ0n) is 17.3. The monoisotopic (exact) mass is 434 g/mol. The number of ether oxygens (including phenoxy) is 5. The van der Waals surface area contributed by atoms with Crippen molar-refractivity contribution in [3.8, 4) is 11.5 Å². The van der Waals surface area contributed by atoms with E-state index >= 15 is 0 Å². The van der Waals surface area contributed by atoms with Gasteiger partial charge in [0.15, 0.2) is 0 Å². The first-order valence-corrected chi connectivity index (χ1v) is 9.97. The lowest BCUT2D eigenvalue weighted by atomic mass is 9.80. The fraction of sp³-hybridized carbons (Fsp3) is 0.400. The highest BCUT2D eigenvalue weighted by Crippen LogP contribution is 2.08. The summed E-state index contributed by atoms with van der Waals surface area (Å²) in [5, 5.41) is 36.1. The second-order valence-electron chi connectivity index (χ2n) is 6.42. The molecule has 11 heteroatoms. The van der Waals surface area contributed by atoms with Crippen LogP contribution < -0.4 is 20.4 Å². The second-order valence-corrected chi connectivity index (χ2v) is 6.42. The van der Waals surface area contributed by atoms with E-state index in [0.717, 1.165) is 0 Å². The third kappa shape index (κ3) is 10.7. The third-order valence-corrected chi connectivity index (χ3v) is 4.09. The summed E-state index contributed by atoms with van der Waals surface area (Å²) in [4.78, 5) is 0. The summed E-state index contributed by atoms with van der Waals surface area (Å²) in [6.45, 7) is 3.39. The molecule has 2 aromatic rings. The molecule has 0 radical (unpaired) electrons. The summed E-state index contributed by atoms with van der Waals surface area (Å²) in [5.74, 6) is 1.26.